The summed E-state index contributed by atoms with van der Waals surface area (Å²) in [6.07, 6.45) is 0. The molecule has 1 heterocycles. The number of hydrogen-bond acceptors (Lipinski definition) is 4. The van der Waals surface area contributed by atoms with Crippen molar-refractivity contribution in [2.75, 3.05) is 7.11 Å². The van der Waals surface area contributed by atoms with Gasteiger partial charge in [0.15, 0.2) is 0 Å². The maximum absolute atomic E-state index is 12.7. The molecule has 3 rings (SSSR count). The third-order valence-corrected chi connectivity index (χ3v) is 3.74. The fourth-order valence-electron chi connectivity index (χ4n) is 2.49. The van der Waals surface area contributed by atoms with Crippen LogP contribution in [0, 0.1) is 17.3 Å². The molecule has 0 radical (unpaired) electrons. The van der Waals surface area contributed by atoms with Crippen molar-refractivity contribution in [2.45, 2.75) is 6.92 Å². The first-order valence-corrected chi connectivity index (χ1v) is 6.97. The van der Waals surface area contributed by atoms with E-state index in [2.05, 4.69) is 0 Å². The van der Waals surface area contributed by atoms with Gasteiger partial charge in [0.2, 0.25) is 0 Å². The molecule has 0 atom stereocenters. The van der Waals surface area contributed by atoms with Gasteiger partial charge in [-0.2, -0.15) is 9.46 Å². The Morgan fingerprint density at radius 1 is 0.957 bits per heavy atom. The Balaban J connectivity index is 2.20. The Labute approximate surface area is 132 Å². The zero-order chi connectivity index (χ0) is 16.6. The third-order valence-electron chi connectivity index (χ3n) is 3.74. The van der Waals surface area contributed by atoms with Crippen LogP contribution in [0.15, 0.2) is 48.5 Å². The number of carbonyl (C=O) groups is 1. The quantitative estimate of drug-likeness (QED) is 0.418. The highest BCUT2D eigenvalue weighted by atomic mass is 16.5. The smallest absolute Gasteiger partial charge is 0.333 e. The van der Waals surface area contributed by atoms with Crippen molar-refractivity contribution in [3.05, 3.63) is 75.9 Å². The molecule has 2 aromatic carbocycles. The molecule has 0 aliphatic carbocycles. The molecule has 0 saturated carbocycles. The van der Waals surface area contributed by atoms with Crippen LogP contribution < -0.4 is 14.2 Å². The number of carbonyl (C=O) groups excluding carboxylic acids is 1. The van der Waals surface area contributed by atoms with Gasteiger partial charge in [0.1, 0.15) is 5.75 Å². The molecule has 0 N–H and O–H groups in total. The van der Waals surface area contributed by atoms with Gasteiger partial charge >= 0.3 is 5.69 Å². The maximum atomic E-state index is 12.7. The number of ketones is 1. The summed E-state index contributed by atoms with van der Waals surface area (Å²) in [4.78, 5) is 12.7. The Morgan fingerprint density at radius 2 is 1.52 bits per heavy atom. The number of nitrogens with zero attached hydrogens (tertiary/aromatic N) is 2. The standard InChI is InChI=1S/C17H14N2O4/c1-11-16(17(20)12-7-9-13(23-2)10-8-12)19(22)15-6-4-3-5-14(15)18(11)21/h3-10H,1-2H3. The fraction of sp³-hybridized carbons (Fsp3) is 0.118. The Morgan fingerprint density at radius 3 is 2.09 bits per heavy atom. The van der Waals surface area contributed by atoms with Gasteiger partial charge in [-0.25, -0.2) is 0 Å². The van der Waals surface area contributed by atoms with Gasteiger partial charge in [-0.3, -0.25) is 4.79 Å². The van der Waals surface area contributed by atoms with E-state index in [1.807, 2.05) is 0 Å². The number of benzene rings is 2. The van der Waals surface area contributed by atoms with Crippen LogP contribution in [0.3, 0.4) is 0 Å². The Hall–Kier alpha value is -3.15. The van der Waals surface area contributed by atoms with Gasteiger partial charge < -0.3 is 15.2 Å². The van der Waals surface area contributed by atoms with E-state index in [1.54, 1.807) is 42.5 Å². The lowest BCUT2D eigenvalue weighted by atomic mass is 10.1. The number of fused-ring (bicyclic) bond motifs is 1. The predicted octanol–water partition coefficient (Wildman–Crippen LogP) is 1.65. The fourth-order valence-corrected chi connectivity index (χ4v) is 2.49. The van der Waals surface area contributed by atoms with E-state index in [-0.39, 0.29) is 22.4 Å². The summed E-state index contributed by atoms with van der Waals surface area (Å²) in [5.41, 5.74) is 0.591. The maximum Gasteiger partial charge on any atom is 0.333 e. The first-order chi connectivity index (χ1) is 11.0. The molecule has 3 aromatic rings. The minimum Gasteiger partial charge on any atom is -0.618 e. The number of methoxy groups -OCH3 is 1. The van der Waals surface area contributed by atoms with Crippen molar-refractivity contribution in [1.82, 2.24) is 0 Å². The van der Waals surface area contributed by atoms with E-state index >= 15 is 0 Å². The molecule has 116 valence electrons. The second-order valence-corrected chi connectivity index (χ2v) is 5.07. The zero-order valence-electron chi connectivity index (χ0n) is 12.6. The van der Waals surface area contributed by atoms with E-state index < -0.39 is 5.78 Å². The van der Waals surface area contributed by atoms with Crippen molar-refractivity contribution >= 4 is 16.8 Å². The minimum absolute atomic E-state index is 0.0690. The summed E-state index contributed by atoms with van der Waals surface area (Å²) in [7, 11) is 1.52. The summed E-state index contributed by atoms with van der Waals surface area (Å²) in [6, 6.07) is 12.8. The summed E-state index contributed by atoms with van der Waals surface area (Å²) in [5, 5.41) is 24.9. The molecule has 0 bridgehead atoms. The molecule has 0 unspecified atom stereocenters. The Bertz CT molecular complexity index is 905. The summed E-state index contributed by atoms with van der Waals surface area (Å²) in [6.45, 7) is 1.46. The van der Waals surface area contributed by atoms with Crippen LogP contribution in [0.2, 0.25) is 0 Å². The van der Waals surface area contributed by atoms with E-state index in [1.165, 1.54) is 20.1 Å². The number of para-hydroxylation sites is 2. The van der Waals surface area contributed by atoms with E-state index in [0.717, 1.165) is 0 Å². The molecule has 23 heavy (non-hydrogen) atoms. The highest BCUT2D eigenvalue weighted by molar-refractivity contribution is 6.07. The molecule has 1 aromatic heterocycles. The molecule has 0 saturated heterocycles. The van der Waals surface area contributed by atoms with Gasteiger partial charge in [0.25, 0.3) is 22.5 Å². The average Bonchev–Trinajstić information content (AvgIpc) is 2.60. The topological polar surface area (TPSA) is 80.2 Å². The van der Waals surface area contributed by atoms with Crippen molar-refractivity contribution in [2.24, 2.45) is 0 Å². The SMILES string of the molecule is COc1ccc(C(=O)c2c(C)[n+]([O-])c3ccccc3[n+]2[O-])cc1. The number of rotatable bonds is 3. The summed E-state index contributed by atoms with van der Waals surface area (Å²) < 4.78 is 6.18. The molecule has 0 fully saturated rings. The Kier molecular flexibility index (Phi) is 3.57. The van der Waals surface area contributed by atoms with E-state index in [0.29, 0.717) is 20.8 Å². The largest absolute Gasteiger partial charge is 0.618 e. The molecule has 0 spiro atoms. The monoisotopic (exact) mass is 310 g/mol. The molecular formula is C17H14N2O4. The van der Waals surface area contributed by atoms with Gasteiger partial charge in [0, 0.05) is 24.6 Å². The van der Waals surface area contributed by atoms with Gasteiger partial charge in [0.05, 0.1) is 7.11 Å². The van der Waals surface area contributed by atoms with Crippen LogP contribution in [0.25, 0.3) is 11.0 Å². The third kappa shape index (κ3) is 2.34. The van der Waals surface area contributed by atoms with Crippen molar-refractivity contribution in [3.63, 3.8) is 0 Å². The van der Waals surface area contributed by atoms with Gasteiger partial charge in [-0.1, -0.05) is 12.1 Å². The molecule has 0 amide bonds. The van der Waals surface area contributed by atoms with E-state index in [4.69, 9.17) is 4.74 Å². The van der Waals surface area contributed by atoms with Crippen LogP contribution in [0.1, 0.15) is 21.7 Å². The number of ether oxygens (including phenoxy) is 1. The average molecular weight is 310 g/mol. The first kappa shape index (κ1) is 14.8. The lowest BCUT2D eigenvalue weighted by Crippen LogP contribution is -2.46. The lowest BCUT2D eigenvalue weighted by molar-refractivity contribution is -0.635. The molecule has 6 heteroatoms. The molecule has 6 nitrogen and oxygen atoms in total. The highest BCUT2D eigenvalue weighted by Gasteiger charge is 2.31. The van der Waals surface area contributed by atoms with Crippen molar-refractivity contribution in [1.29, 1.82) is 0 Å². The second-order valence-electron chi connectivity index (χ2n) is 5.07. The lowest BCUT2D eigenvalue weighted by Gasteiger charge is -2.10. The van der Waals surface area contributed by atoms with Crippen LogP contribution in [0.4, 0.5) is 0 Å². The van der Waals surface area contributed by atoms with Crippen LogP contribution >= 0.6 is 0 Å². The van der Waals surface area contributed by atoms with Crippen LogP contribution in [-0.2, 0) is 0 Å². The highest BCUT2D eigenvalue weighted by Crippen LogP contribution is 2.16. The van der Waals surface area contributed by atoms with Crippen LogP contribution in [0.5, 0.6) is 5.75 Å². The number of aromatic nitrogens is 2. The minimum atomic E-state index is -0.504. The normalized spacial score (nSPS) is 10.7. The molecule has 0 aliphatic heterocycles. The molecular weight excluding hydrogens is 296 g/mol. The predicted molar refractivity (Wildman–Crippen MR) is 83.0 cm³/mol. The second kappa shape index (κ2) is 5.57. The summed E-state index contributed by atoms with van der Waals surface area (Å²) in [5.74, 6) is 0.0983. The van der Waals surface area contributed by atoms with Gasteiger partial charge in [-0.05, 0) is 24.3 Å². The number of hydrogen-bond donors (Lipinski definition) is 0. The molecule has 0 aliphatic rings. The van der Waals surface area contributed by atoms with Crippen molar-refractivity contribution < 1.29 is 19.0 Å². The van der Waals surface area contributed by atoms with Crippen LogP contribution in [-0.4, -0.2) is 12.9 Å². The van der Waals surface area contributed by atoms with E-state index in [9.17, 15) is 15.2 Å². The van der Waals surface area contributed by atoms with Gasteiger partial charge in [-0.15, -0.1) is 0 Å². The first-order valence-electron chi connectivity index (χ1n) is 6.97. The van der Waals surface area contributed by atoms with Crippen molar-refractivity contribution in [3.8, 4) is 5.75 Å². The summed E-state index contributed by atoms with van der Waals surface area (Å²) >= 11 is 0. The zero-order valence-corrected chi connectivity index (χ0v) is 12.6.